The van der Waals surface area contributed by atoms with Crippen molar-refractivity contribution in [2.45, 2.75) is 31.5 Å². The van der Waals surface area contributed by atoms with Crippen molar-refractivity contribution in [3.05, 3.63) is 28.8 Å². The van der Waals surface area contributed by atoms with Crippen molar-refractivity contribution in [3.63, 3.8) is 0 Å². The van der Waals surface area contributed by atoms with Gasteiger partial charge in [0.15, 0.2) is 0 Å². The third kappa shape index (κ3) is 3.54. The van der Waals surface area contributed by atoms with E-state index in [0.717, 1.165) is 31.4 Å². The molecule has 0 amide bonds. The fourth-order valence-corrected chi connectivity index (χ4v) is 2.50. The summed E-state index contributed by atoms with van der Waals surface area (Å²) in [4.78, 5) is 0. The highest BCUT2D eigenvalue weighted by molar-refractivity contribution is 6.30. The monoisotopic (exact) mass is 292 g/mol. The second-order valence-electron chi connectivity index (χ2n) is 4.90. The van der Waals surface area contributed by atoms with Crippen LogP contribution in [0.2, 0.25) is 5.02 Å². The van der Waals surface area contributed by atoms with Gasteiger partial charge in [-0.25, -0.2) is 0 Å². The Balaban J connectivity index is 2.17. The smallest absolute Gasteiger partial charge is 0.381 e. The predicted octanol–water partition coefficient (Wildman–Crippen LogP) is 3.90. The lowest BCUT2D eigenvalue weighted by Crippen LogP contribution is -2.39. The average Bonchev–Trinajstić information content (AvgIpc) is 2.23. The topological polar surface area (TPSA) is 38.0 Å². The molecular weight excluding hydrogens is 277 g/mol. The van der Waals surface area contributed by atoms with Crippen molar-refractivity contribution in [2.75, 3.05) is 11.9 Å². The van der Waals surface area contributed by atoms with Crippen molar-refractivity contribution >= 4 is 17.3 Å². The lowest BCUT2D eigenvalue weighted by molar-refractivity contribution is -0.137. The van der Waals surface area contributed by atoms with E-state index >= 15 is 0 Å². The van der Waals surface area contributed by atoms with E-state index in [-0.39, 0.29) is 11.1 Å². The molecule has 1 fully saturated rings. The lowest BCUT2D eigenvalue weighted by atomic mass is 9.79. The zero-order chi connectivity index (χ0) is 14.0. The molecule has 6 heteroatoms. The van der Waals surface area contributed by atoms with Crippen LogP contribution in [0.25, 0.3) is 0 Å². The van der Waals surface area contributed by atoms with Crippen LogP contribution in [0.4, 0.5) is 18.9 Å². The molecule has 19 heavy (non-hydrogen) atoms. The lowest BCUT2D eigenvalue weighted by Gasteiger charge is -2.34. The minimum atomic E-state index is -4.39. The molecule has 1 aromatic carbocycles. The molecule has 1 atom stereocenters. The first-order chi connectivity index (χ1) is 8.90. The van der Waals surface area contributed by atoms with Gasteiger partial charge in [0.1, 0.15) is 0 Å². The minimum Gasteiger partial charge on any atom is -0.381 e. The van der Waals surface area contributed by atoms with Gasteiger partial charge in [0.25, 0.3) is 0 Å². The Kier molecular flexibility index (Phi) is 4.26. The molecule has 1 aromatic rings. The number of alkyl halides is 3. The molecule has 1 aliphatic carbocycles. The van der Waals surface area contributed by atoms with Crippen molar-refractivity contribution in [1.29, 1.82) is 0 Å². The Morgan fingerprint density at radius 2 is 2.00 bits per heavy atom. The molecule has 0 aromatic heterocycles. The molecule has 2 rings (SSSR count). The van der Waals surface area contributed by atoms with Crippen molar-refractivity contribution in [2.24, 2.45) is 11.7 Å². The Morgan fingerprint density at radius 3 is 2.47 bits per heavy atom. The summed E-state index contributed by atoms with van der Waals surface area (Å²) in [6, 6.07) is 3.51. The van der Waals surface area contributed by atoms with Crippen LogP contribution in [0.15, 0.2) is 18.2 Å². The Morgan fingerprint density at radius 1 is 1.32 bits per heavy atom. The SMILES string of the molecule is NCC(Nc1cc(Cl)cc(C(F)(F)F)c1)C1CCC1. The third-order valence-corrected chi connectivity index (χ3v) is 3.77. The fourth-order valence-electron chi connectivity index (χ4n) is 2.26. The Labute approximate surface area is 115 Å². The molecule has 2 nitrogen and oxygen atoms in total. The number of hydrogen-bond acceptors (Lipinski definition) is 2. The van der Waals surface area contributed by atoms with Gasteiger partial charge in [-0.2, -0.15) is 13.2 Å². The highest BCUT2D eigenvalue weighted by Gasteiger charge is 2.32. The molecule has 1 unspecified atom stereocenters. The van der Waals surface area contributed by atoms with E-state index in [1.165, 1.54) is 6.07 Å². The highest BCUT2D eigenvalue weighted by Crippen LogP contribution is 2.35. The van der Waals surface area contributed by atoms with Crippen LogP contribution in [-0.2, 0) is 6.18 Å². The van der Waals surface area contributed by atoms with Gasteiger partial charge in [-0.1, -0.05) is 18.0 Å². The molecule has 3 N–H and O–H groups in total. The van der Waals surface area contributed by atoms with Crippen LogP contribution < -0.4 is 11.1 Å². The van der Waals surface area contributed by atoms with Crippen LogP contribution in [-0.4, -0.2) is 12.6 Å². The molecule has 0 aliphatic heterocycles. The van der Waals surface area contributed by atoms with Crippen molar-refractivity contribution < 1.29 is 13.2 Å². The Hall–Kier alpha value is -0.940. The summed E-state index contributed by atoms with van der Waals surface area (Å²) in [7, 11) is 0. The largest absolute Gasteiger partial charge is 0.416 e. The number of nitrogens with one attached hydrogen (secondary N) is 1. The molecule has 0 saturated heterocycles. The van der Waals surface area contributed by atoms with E-state index in [0.29, 0.717) is 18.2 Å². The second kappa shape index (κ2) is 5.59. The second-order valence-corrected chi connectivity index (χ2v) is 5.34. The molecule has 0 heterocycles. The molecule has 1 saturated carbocycles. The first-order valence-electron chi connectivity index (χ1n) is 6.24. The zero-order valence-electron chi connectivity index (χ0n) is 10.3. The summed E-state index contributed by atoms with van der Waals surface area (Å²) < 4.78 is 38.1. The Bertz CT molecular complexity index is 444. The fraction of sp³-hybridized carbons (Fsp3) is 0.538. The number of rotatable bonds is 4. The maximum absolute atomic E-state index is 12.7. The number of anilines is 1. The maximum Gasteiger partial charge on any atom is 0.416 e. The number of hydrogen-bond donors (Lipinski definition) is 2. The van der Waals surface area contributed by atoms with E-state index in [1.807, 2.05) is 0 Å². The first-order valence-corrected chi connectivity index (χ1v) is 6.62. The summed E-state index contributed by atoms with van der Waals surface area (Å²) in [5, 5.41) is 3.15. The quantitative estimate of drug-likeness (QED) is 0.883. The van der Waals surface area contributed by atoms with Crippen LogP contribution in [0.5, 0.6) is 0 Å². The van der Waals surface area contributed by atoms with Gasteiger partial charge in [-0.05, 0) is 37.0 Å². The highest BCUT2D eigenvalue weighted by atomic mass is 35.5. The molecule has 106 valence electrons. The van der Waals surface area contributed by atoms with Gasteiger partial charge in [0.05, 0.1) is 5.56 Å². The van der Waals surface area contributed by atoms with E-state index in [1.54, 1.807) is 0 Å². The van der Waals surface area contributed by atoms with Gasteiger partial charge < -0.3 is 11.1 Å². The van der Waals surface area contributed by atoms with Gasteiger partial charge in [-0.15, -0.1) is 0 Å². The van der Waals surface area contributed by atoms with Crippen LogP contribution in [0, 0.1) is 5.92 Å². The summed E-state index contributed by atoms with van der Waals surface area (Å²) in [5.41, 5.74) is 5.31. The molecule has 0 radical (unpaired) electrons. The molecular formula is C13H16ClF3N2. The molecule has 0 bridgehead atoms. The zero-order valence-corrected chi connectivity index (χ0v) is 11.1. The summed E-state index contributed by atoms with van der Waals surface area (Å²) >= 11 is 5.74. The van der Waals surface area contributed by atoms with Gasteiger partial charge in [0, 0.05) is 23.3 Å². The predicted molar refractivity (Wildman–Crippen MR) is 70.3 cm³/mol. The van der Waals surface area contributed by atoms with Gasteiger partial charge in [-0.3, -0.25) is 0 Å². The van der Waals surface area contributed by atoms with Crippen molar-refractivity contribution in [1.82, 2.24) is 0 Å². The number of benzene rings is 1. The van der Waals surface area contributed by atoms with E-state index in [4.69, 9.17) is 17.3 Å². The standard InChI is InChI=1S/C13H16ClF3N2/c14-10-4-9(13(15,16)17)5-11(6-10)19-12(7-18)8-2-1-3-8/h4-6,8,12,19H,1-3,7,18H2. The van der Waals surface area contributed by atoms with E-state index < -0.39 is 11.7 Å². The van der Waals surface area contributed by atoms with Crippen LogP contribution in [0.1, 0.15) is 24.8 Å². The van der Waals surface area contributed by atoms with Crippen LogP contribution in [0.3, 0.4) is 0 Å². The van der Waals surface area contributed by atoms with Gasteiger partial charge >= 0.3 is 6.18 Å². The van der Waals surface area contributed by atoms with E-state index in [2.05, 4.69) is 5.32 Å². The molecule has 1 aliphatic rings. The minimum absolute atomic E-state index is 0.00769. The maximum atomic E-state index is 12.7. The van der Waals surface area contributed by atoms with Gasteiger partial charge in [0.2, 0.25) is 0 Å². The number of nitrogens with two attached hydrogens (primary N) is 1. The summed E-state index contributed by atoms with van der Waals surface area (Å²) in [6.07, 6.45) is -1.09. The summed E-state index contributed by atoms with van der Waals surface area (Å²) in [6.45, 7) is 0.401. The average molecular weight is 293 g/mol. The molecule has 0 spiro atoms. The van der Waals surface area contributed by atoms with E-state index in [9.17, 15) is 13.2 Å². The summed E-state index contributed by atoms with van der Waals surface area (Å²) in [5.74, 6) is 0.443. The number of halogens is 4. The van der Waals surface area contributed by atoms with Crippen molar-refractivity contribution in [3.8, 4) is 0 Å². The third-order valence-electron chi connectivity index (χ3n) is 3.55. The first kappa shape index (κ1) is 14.5. The van der Waals surface area contributed by atoms with Crippen LogP contribution >= 0.6 is 11.6 Å². The normalized spacial score (nSPS) is 17.9.